The minimum Gasteiger partial charge on any atom is -0.468 e. The number of benzene rings is 1. The number of carbonyl (C=O) groups excluding carboxylic acids is 2. The summed E-state index contributed by atoms with van der Waals surface area (Å²) in [4.78, 5) is 27.9. The molecule has 0 aliphatic carbocycles. The number of hydrogen-bond donors (Lipinski definition) is 1. The van der Waals surface area contributed by atoms with Crippen LogP contribution < -0.4 is 9.94 Å². The normalized spacial score (nSPS) is 12.5. The number of esters is 1. The van der Waals surface area contributed by atoms with Gasteiger partial charge in [0.25, 0.3) is 0 Å². The number of sulfonamides is 1. The van der Waals surface area contributed by atoms with Crippen LogP contribution in [0.5, 0.6) is 0 Å². The molecule has 0 saturated carbocycles. The molecule has 3 aromatic rings. The zero-order valence-electron chi connectivity index (χ0n) is 13.3. The predicted octanol–water partition coefficient (Wildman–Crippen LogP) is 0.252. The summed E-state index contributed by atoms with van der Waals surface area (Å²) in [5.74, 6) is -1.33. The molecule has 2 heterocycles. The van der Waals surface area contributed by atoms with Crippen molar-refractivity contribution in [1.29, 1.82) is 0 Å². The number of primary sulfonamides is 1. The van der Waals surface area contributed by atoms with Crippen molar-refractivity contribution < 1.29 is 27.3 Å². The van der Waals surface area contributed by atoms with Crippen molar-refractivity contribution in [3.8, 4) is 0 Å². The molecule has 0 spiro atoms. The topological polar surface area (TPSA) is 147 Å². The maximum Gasteiger partial charge on any atom is 0.325 e. The van der Waals surface area contributed by atoms with Gasteiger partial charge in [0.1, 0.15) is 6.54 Å². The molecule has 0 radical (unpaired) electrons. The van der Waals surface area contributed by atoms with E-state index in [2.05, 4.69) is 14.9 Å². The maximum atomic E-state index is 12.1. The van der Waals surface area contributed by atoms with Gasteiger partial charge in [-0.2, -0.15) is 4.99 Å². The van der Waals surface area contributed by atoms with Gasteiger partial charge in [-0.1, -0.05) is 16.5 Å². The first-order valence-corrected chi connectivity index (χ1v) is 9.38. The highest BCUT2D eigenvalue weighted by molar-refractivity contribution is 7.89. The lowest BCUT2D eigenvalue weighted by Crippen LogP contribution is -2.22. The van der Waals surface area contributed by atoms with Crippen LogP contribution in [0.3, 0.4) is 0 Å². The van der Waals surface area contributed by atoms with Crippen LogP contribution in [0, 0.1) is 0 Å². The molecule has 10 nitrogen and oxygen atoms in total. The van der Waals surface area contributed by atoms with E-state index in [1.54, 1.807) is 0 Å². The fourth-order valence-corrected chi connectivity index (χ4v) is 3.81. The van der Waals surface area contributed by atoms with Crippen molar-refractivity contribution in [1.82, 2.24) is 9.72 Å². The quantitative estimate of drug-likeness (QED) is 0.622. The second kappa shape index (κ2) is 6.82. The Kier molecular flexibility index (Phi) is 4.71. The standard InChI is InChI=1S/C14H12N4O6S2/c1-23-12(19)7-18-9-3-2-8(26(15,21)22)6-11(9)25-14(18)17-13(20)10-4-5-16-24-10/h2-6H,7H2,1H3,(H2,15,21,22). The number of amides is 1. The SMILES string of the molecule is COC(=O)Cn1c(=NC(=O)c2ccno2)sc2cc(S(N)(=O)=O)ccc21. The van der Waals surface area contributed by atoms with E-state index >= 15 is 0 Å². The molecule has 1 amide bonds. The van der Waals surface area contributed by atoms with Crippen LogP contribution in [0.2, 0.25) is 0 Å². The molecule has 1 aromatic carbocycles. The highest BCUT2D eigenvalue weighted by atomic mass is 32.2. The first-order chi connectivity index (χ1) is 12.3. The second-order valence-corrected chi connectivity index (χ2v) is 7.59. The largest absolute Gasteiger partial charge is 0.468 e. The predicted molar refractivity (Wildman–Crippen MR) is 89.6 cm³/mol. The van der Waals surface area contributed by atoms with E-state index in [9.17, 15) is 18.0 Å². The Morgan fingerprint density at radius 1 is 1.38 bits per heavy atom. The van der Waals surface area contributed by atoms with E-state index in [1.807, 2.05) is 0 Å². The van der Waals surface area contributed by atoms with Gasteiger partial charge in [0.2, 0.25) is 15.8 Å². The molecule has 2 aromatic heterocycles. The lowest BCUT2D eigenvalue weighted by Gasteiger charge is -2.04. The first kappa shape index (κ1) is 18.0. The van der Waals surface area contributed by atoms with E-state index in [4.69, 9.17) is 9.66 Å². The summed E-state index contributed by atoms with van der Waals surface area (Å²) >= 11 is 1.02. The molecular weight excluding hydrogens is 384 g/mol. The zero-order chi connectivity index (χ0) is 18.9. The van der Waals surface area contributed by atoms with E-state index in [1.165, 1.54) is 42.1 Å². The average molecular weight is 396 g/mol. The summed E-state index contributed by atoms with van der Waals surface area (Å²) in [6.45, 7) is -0.215. The number of aromatic nitrogens is 2. The summed E-state index contributed by atoms with van der Waals surface area (Å²) in [6, 6.07) is 5.48. The first-order valence-electron chi connectivity index (χ1n) is 7.02. The molecule has 0 bridgehead atoms. The Bertz CT molecular complexity index is 1160. The number of carbonyl (C=O) groups is 2. The number of rotatable bonds is 4. The van der Waals surface area contributed by atoms with Crippen LogP contribution in [-0.2, 0) is 26.1 Å². The molecule has 0 aliphatic rings. The third-order valence-electron chi connectivity index (χ3n) is 3.34. The van der Waals surface area contributed by atoms with Crippen molar-refractivity contribution in [2.45, 2.75) is 11.4 Å². The molecule has 0 fully saturated rings. The van der Waals surface area contributed by atoms with Crippen molar-refractivity contribution in [3.63, 3.8) is 0 Å². The minimum absolute atomic E-state index is 0.0719. The summed E-state index contributed by atoms with van der Waals surface area (Å²) in [5, 5.41) is 8.58. The van der Waals surface area contributed by atoms with Gasteiger partial charge in [-0.3, -0.25) is 9.59 Å². The van der Waals surface area contributed by atoms with E-state index < -0.39 is 21.9 Å². The number of nitrogens with zero attached hydrogens (tertiary/aromatic N) is 3. The molecule has 0 unspecified atom stereocenters. The van der Waals surface area contributed by atoms with Crippen LogP contribution in [0.1, 0.15) is 10.6 Å². The van der Waals surface area contributed by atoms with Gasteiger partial charge in [-0.15, -0.1) is 0 Å². The van der Waals surface area contributed by atoms with Crippen LogP contribution in [0.15, 0.2) is 44.9 Å². The zero-order valence-corrected chi connectivity index (χ0v) is 14.9. The Balaban J connectivity index is 2.21. The molecule has 0 aliphatic heterocycles. The van der Waals surface area contributed by atoms with Crippen LogP contribution in [-0.4, -0.2) is 37.1 Å². The van der Waals surface area contributed by atoms with Gasteiger partial charge in [-0.25, -0.2) is 13.6 Å². The second-order valence-electron chi connectivity index (χ2n) is 5.02. The highest BCUT2D eigenvalue weighted by Crippen LogP contribution is 2.21. The fourth-order valence-electron chi connectivity index (χ4n) is 2.13. The Hall–Kier alpha value is -2.83. The van der Waals surface area contributed by atoms with Crippen molar-refractivity contribution >= 4 is 43.5 Å². The van der Waals surface area contributed by atoms with E-state index in [-0.39, 0.29) is 22.0 Å². The molecule has 26 heavy (non-hydrogen) atoms. The van der Waals surface area contributed by atoms with Crippen LogP contribution in [0.4, 0.5) is 0 Å². The number of hydrogen-bond acceptors (Lipinski definition) is 8. The molecule has 12 heteroatoms. The molecule has 2 N–H and O–H groups in total. The van der Waals surface area contributed by atoms with Gasteiger partial charge in [-0.05, 0) is 18.2 Å². The Morgan fingerprint density at radius 2 is 2.15 bits per heavy atom. The van der Waals surface area contributed by atoms with Gasteiger partial charge in [0.15, 0.2) is 4.80 Å². The van der Waals surface area contributed by atoms with E-state index in [0.29, 0.717) is 10.2 Å². The van der Waals surface area contributed by atoms with Gasteiger partial charge in [0, 0.05) is 6.07 Å². The minimum atomic E-state index is -3.90. The maximum absolute atomic E-state index is 12.1. The van der Waals surface area contributed by atoms with Crippen molar-refractivity contribution in [2.75, 3.05) is 7.11 Å². The number of methoxy groups -OCH3 is 1. The lowest BCUT2D eigenvalue weighted by molar-refractivity contribution is -0.141. The summed E-state index contributed by atoms with van der Waals surface area (Å²) in [5.41, 5.74) is 0.497. The molecule has 3 rings (SSSR count). The molecule has 0 saturated heterocycles. The van der Waals surface area contributed by atoms with Crippen LogP contribution >= 0.6 is 11.3 Å². The Labute approximate surface area is 150 Å². The van der Waals surface area contributed by atoms with Gasteiger partial charge in [0.05, 0.1) is 28.4 Å². The summed E-state index contributed by atoms with van der Waals surface area (Å²) < 4.78 is 34.4. The van der Waals surface area contributed by atoms with Crippen molar-refractivity contribution in [2.24, 2.45) is 10.1 Å². The highest BCUT2D eigenvalue weighted by Gasteiger charge is 2.16. The number of thiazole rings is 1. The Morgan fingerprint density at radius 3 is 2.77 bits per heavy atom. The van der Waals surface area contributed by atoms with Crippen LogP contribution in [0.25, 0.3) is 10.2 Å². The summed E-state index contributed by atoms with van der Waals surface area (Å²) in [6.07, 6.45) is 1.30. The van der Waals surface area contributed by atoms with Crippen molar-refractivity contribution in [3.05, 3.63) is 41.0 Å². The smallest absolute Gasteiger partial charge is 0.325 e. The third kappa shape index (κ3) is 3.56. The molecular formula is C14H12N4O6S2. The monoisotopic (exact) mass is 396 g/mol. The fraction of sp³-hybridized carbons (Fsp3) is 0.143. The number of ether oxygens (including phenoxy) is 1. The number of nitrogens with two attached hydrogens (primary N) is 1. The molecule has 0 atom stereocenters. The lowest BCUT2D eigenvalue weighted by atomic mass is 10.3. The third-order valence-corrected chi connectivity index (χ3v) is 5.30. The van der Waals surface area contributed by atoms with Gasteiger partial charge < -0.3 is 13.8 Å². The number of fused-ring (bicyclic) bond motifs is 1. The summed E-state index contributed by atoms with van der Waals surface area (Å²) in [7, 11) is -2.67. The average Bonchev–Trinajstić information content (AvgIpc) is 3.22. The van der Waals surface area contributed by atoms with E-state index in [0.717, 1.165) is 11.3 Å². The molecule has 136 valence electrons. The van der Waals surface area contributed by atoms with Gasteiger partial charge >= 0.3 is 11.9 Å².